The summed E-state index contributed by atoms with van der Waals surface area (Å²) in [5.41, 5.74) is 1.35. The Bertz CT molecular complexity index is 319. The maximum atomic E-state index is 3.64. The maximum Gasteiger partial charge on any atom is 0.0366 e. The lowest BCUT2D eigenvalue weighted by Crippen LogP contribution is -2.42. The second-order valence-electron chi connectivity index (χ2n) is 4.88. The van der Waals surface area contributed by atoms with Crippen LogP contribution in [0.25, 0.3) is 0 Å². The molecule has 1 aliphatic rings. The van der Waals surface area contributed by atoms with Crippen molar-refractivity contribution in [3.05, 3.63) is 30.3 Å². The lowest BCUT2D eigenvalue weighted by molar-refractivity contribution is 0.470. The van der Waals surface area contributed by atoms with Gasteiger partial charge in [-0.1, -0.05) is 25.1 Å². The second-order valence-corrected chi connectivity index (χ2v) is 4.88. The highest BCUT2D eigenvalue weighted by molar-refractivity contribution is 5.46. The summed E-state index contributed by atoms with van der Waals surface area (Å²) in [6, 6.07) is 11.4. The summed E-state index contributed by atoms with van der Waals surface area (Å²) < 4.78 is 0. The predicted octanol–water partition coefficient (Wildman–Crippen LogP) is 2.90. The summed E-state index contributed by atoms with van der Waals surface area (Å²) >= 11 is 0. The summed E-state index contributed by atoms with van der Waals surface area (Å²) in [7, 11) is 0. The fourth-order valence-corrected chi connectivity index (χ4v) is 2.43. The molecule has 0 aromatic heterocycles. The van der Waals surface area contributed by atoms with Crippen molar-refractivity contribution in [2.75, 3.05) is 24.5 Å². The van der Waals surface area contributed by atoms with Gasteiger partial charge in [0, 0.05) is 24.8 Å². The van der Waals surface area contributed by atoms with Crippen molar-refractivity contribution in [1.82, 2.24) is 5.32 Å². The van der Waals surface area contributed by atoms with Crippen molar-refractivity contribution < 1.29 is 0 Å². The van der Waals surface area contributed by atoms with E-state index in [4.69, 9.17) is 0 Å². The molecule has 0 bridgehead atoms. The van der Waals surface area contributed by atoms with E-state index in [1.54, 1.807) is 0 Å². The molecule has 2 heteroatoms. The van der Waals surface area contributed by atoms with Crippen LogP contribution in [0.15, 0.2) is 30.3 Å². The number of likely N-dealkylation sites (N-methyl/N-ethyl adjacent to an activating group) is 2. The Morgan fingerprint density at radius 1 is 1.24 bits per heavy atom. The van der Waals surface area contributed by atoms with Gasteiger partial charge in [0.2, 0.25) is 0 Å². The van der Waals surface area contributed by atoms with E-state index in [0.29, 0.717) is 6.04 Å². The van der Waals surface area contributed by atoms with Crippen LogP contribution in [0.2, 0.25) is 0 Å². The molecule has 1 aromatic rings. The molecule has 0 radical (unpaired) electrons. The van der Waals surface area contributed by atoms with Crippen molar-refractivity contribution in [2.45, 2.75) is 32.7 Å². The summed E-state index contributed by atoms with van der Waals surface area (Å²) in [6.07, 6.45) is 2.81. The molecular formula is C15H24N2. The van der Waals surface area contributed by atoms with E-state index in [2.05, 4.69) is 54.4 Å². The first kappa shape index (κ1) is 12.4. The van der Waals surface area contributed by atoms with Gasteiger partial charge >= 0.3 is 0 Å². The van der Waals surface area contributed by atoms with E-state index in [1.165, 1.54) is 18.5 Å². The molecule has 1 N–H and O–H groups in total. The summed E-state index contributed by atoms with van der Waals surface area (Å²) in [5, 5.41) is 3.64. The van der Waals surface area contributed by atoms with E-state index in [1.807, 2.05) is 0 Å². The highest BCUT2D eigenvalue weighted by atomic mass is 15.2. The van der Waals surface area contributed by atoms with Crippen molar-refractivity contribution in [3.8, 4) is 0 Å². The zero-order valence-electron chi connectivity index (χ0n) is 11.0. The van der Waals surface area contributed by atoms with Gasteiger partial charge in [-0.2, -0.15) is 0 Å². The third-order valence-electron chi connectivity index (χ3n) is 3.58. The van der Waals surface area contributed by atoms with Crippen molar-refractivity contribution in [3.63, 3.8) is 0 Å². The second kappa shape index (κ2) is 6.06. The van der Waals surface area contributed by atoms with Gasteiger partial charge in [0.1, 0.15) is 0 Å². The van der Waals surface area contributed by atoms with Crippen LogP contribution in [0, 0.1) is 5.92 Å². The first-order valence-electron chi connectivity index (χ1n) is 6.88. The van der Waals surface area contributed by atoms with Gasteiger partial charge in [-0.25, -0.2) is 0 Å². The number of rotatable bonds is 7. The van der Waals surface area contributed by atoms with Crippen LogP contribution < -0.4 is 10.2 Å². The fraction of sp³-hybridized carbons (Fsp3) is 0.600. The smallest absolute Gasteiger partial charge is 0.0366 e. The number of hydrogen-bond donors (Lipinski definition) is 1. The first-order valence-corrected chi connectivity index (χ1v) is 6.88. The molecule has 1 fully saturated rings. The maximum absolute atomic E-state index is 3.64. The Balaban J connectivity index is 1.98. The minimum absolute atomic E-state index is 0.667. The highest BCUT2D eigenvalue weighted by Gasteiger charge is 2.31. The molecule has 17 heavy (non-hydrogen) atoms. The summed E-state index contributed by atoms with van der Waals surface area (Å²) in [4.78, 5) is 2.48. The molecule has 0 aliphatic heterocycles. The third kappa shape index (κ3) is 3.47. The molecular weight excluding hydrogens is 208 g/mol. The largest absolute Gasteiger partial charge is 0.370 e. The molecule has 94 valence electrons. The minimum Gasteiger partial charge on any atom is -0.370 e. The molecule has 1 aliphatic carbocycles. The number of hydrogen-bond acceptors (Lipinski definition) is 2. The zero-order valence-corrected chi connectivity index (χ0v) is 11.0. The van der Waals surface area contributed by atoms with Crippen molar-refractivity contribution in [1.29, 1.82) is 0 Å². The molecule has 0 amide bonds. The zero-order chi connectivity index (χ0) is 12.1. The van der Waals surface area contributed by atoms with Crippen LogP contribution in [-0.4, -0.2) is 25.7 Å². The molecule has 1 atom stereocenters. The van der Waals surface area contributed by atoms with Gasteiger partial charge in [-0.05, 0) is 44.4 Å². The molecule has 2 rings (SSSR count). The van der Waals surface area contributed by atoms with Crippen molar-refractivity contribution in [2.24, 2.45) is 5.92 Å². The van der Waals surface area contributed by atoms with E-state index in [0.717, 1.165) is 25.6 Å². The molecule has 0 saturated heterocycles. The molecule has 1 saturated carbocycles. The Hall–Kier alpha value is -1.02. The van der Waals surface area contributed by atoms with Gasteiger partial charge < -0.3 is 10.2 Å². The first-order chi connectivity index (χ1) is 8.35. The number of anilines is 1. The molecule has 1 unspecified atom stereocenters. The lowest BCUT2D eigenvalue weighted by Gasteiger charge is -2.29. The number of para-hydroxylation sites is 1. The average molecular weight is 232 g/mol. The Morgan fingerprint density at radius 3 is 2.47 bits per heavy atom. The topological polar surface area (TPSA) is 15.3 Å². The van der Waals surface area contributed by atoms with Gasteiger partial charge in [-0.3, -0.25) is 0 Å². The van der Waals surface area contributed by atoms with E-state index in [9.17, 15) is 0 Å². The van der Waals surface area contributed by atoms with Crippen LogP contribution in [0.3, 0.4) is 0 Å². The van der Waals surface area contributed by atoms with Crippen LogP contribution in [0.4, 0.5) is 5.69 Å². The number of nitrogens with one attached hydrogen (secondary N) is 1. The van der Waals surface area contributed by atoms with E-state index in [-0.39, 0.29) is 0 Å². The van der Waals surface area contributed by atoms with Crippen LogP contribution in [-0.2, 0) is 0 Å². The average Bonchev–Trinajstić information content (AvgIpc) is 3.20. The van der Waals surface area contributed by atoms with Gasteiger partial charge in [0.05, 0.1) is 0 Å². The van der Waals surface area contributed by atoms with Crippen LogP contribution >= 0.6 is 0 Å². The number of nitrogens with zero attached hydrogens (tertiary/aromatic N) is 1. The Morgan fingerprint density at radius 2 is 1.94 bits per heavy atom. The fourth-order valence-electron chi connectivity index (χ4n) is 2.43. The molecule has 2 nitrogen and oxygen atoms in total. The summed E-state index contributed by atoms with van der Waals surface area (Å²) in [6.45, 7) is 7.74. The van der Waals surface area contributed by atoms with Crippen LogP contribution in [0.5, 0.6) is 0 Å². The summed E-state index contributed by atoms with van der Waals surface area (Å²) in [5.74, 6) is 0.910. The molecule has 0 heterocycles. The predicted molar refractivity (Wildman–Crippen MR) is 74.5 cm³/mol. The van der Waals surface area contributed by atoms with E-state index >= 15 is 0 Å². The molecule has 0 spiro atoms. The van der Waals surface area contributed by atoms with Gasteiger partial charge in [0.25, 0.3) is 0 Å². The normalized spacial score (nSPS) is 16.8. The standard InChI is InChI=1S/C15H24N2/c1-3-16-15(13-10-11-13)12-17(4-2)14-8-6-5-7-9-14/h5-9,13,15-16H,3-4,10-12H2,1-2H3. The lowest BCUT2D eigenvalue weighted by atomic mass is 10.1. The minimum atomic E-state index is 0.667. The van der Waals surface area contributed by atoms with E-state index < -0.39 is 0 Å². The number of benzene rings is 1. The highest BCUT2D eigenvalue weighted by Crippen LogP contribution is 2.33. The Kier molecular flexibility index (Phi) is 4.43. The third-order valence-corrected chi connectivity index (χ3v) is 3.58. The van der Waals surface area contributed by atoms with Gasteiger partial charge in [0.15, 0.2) is 0 Å². The quantitative estimate of drug-likeness (QED) is 0.777. The van der Waals surface area contributed by atoms with Crippen molar-refractivity contribution >= 4 is 5.69 Å². The SMILES string of the molecule is CCNC(CN(CC)c1ccccc1)C1CC1. The van der Waals surface area contributed by atoms with Crippen LogP contribution in [0.1, 0.15) is 26.7 Å². The van der Waals surface area contributed by atoms with Gasteiger partial charge in [-0.15, -0.1) is 0 Å². The Labute approximate surface area is 105 Å². The molecule has 1 aromatic carbocycles. The monoisotopic (exact) mass is 232 g/mol.